The van der Waals surface area contributed by atoms with Gasteiger partial charge in [-0.3, -0.25) is 10.1 Å². The van der Waals surface area contributed by atoms with Crippen LogP contribution in [0.3, 0.4) is 0 Å². The van der Waals surface area contributed by atoms with Gasteiger partial charge >= 0.3 is 0 Å². The molecule has 1 amide bonds. The van der Waals surface area contributed by atoms with Crippen LogP contribution in [0.4, 0.5) is 5.13 Å². The van der Waals surface area contributed by atoms with E-state index in [9.17, 15) is 4.79 Å². The van der Waals surface area contributed by atoms with Crippen LogP contribution in [-0.4, -0.2) is 22.5 Å². The van der Waals surface area contributed by atoms with Gasteiger partial charge in [-0.2, -0.15) is 0 Å². The van der Waals surface area contributed by atoms with Gasteiger partial charge in [-0.1, -0.05) is 28.1 Å². The lowest BCUT2D eigenvalue weighted by Crippen LogP contribution is -2.13. The van der Waals surface area contributed by atoms with Gasteiger partial charge in [0.2, 0.25) is 0 Å². The lowest BCUT2D eigenvalue weighted by molar-refractivity contribution is 0.102. The van der Waals surface area contributed by atoms with Gasteiger partial charge in [0.25, 0.3) is 5.91 Å². The van der Waals surface area contributed by atoms with Crippen molar-refractivity contribution in [1.82, 2.24) is 9.97 Å². The van der Waals surface area contributed by atoms with Gasteiger partial charge in [0.15, 0.2) is 5.13 Å². The van der Waals surface area contributed by atoms with Crippen LogP contribution >= 0.6 is 27.3 Å². The number of hydrogen-bond donors (Lipinski definition) is 1. The van der Waals surface area contributed by atoms with Crippen LogP contribution in [0.25, 0.3) is 22.2 Å². The summed E-state index contributed by atoms with van der Waals surface area (Å²) < 4.78 is 6.50. The Balaban J connectivity index is 1.82. The van der Waals surface area contributed by atoms with Crippen LogP contribution in [0.15, 0.2) is 58.4 Å². The van der Waals surface area contributed by atoms with Gasteiger partial charge in [-0.25, -0.2) is 9.97 Å². The number of aryl methyl sites for hydroxylation is 1. The lowest BCUT2D eigenvalue weighted by Gasteiger charge is -2.11. The molecule has 5 nitrogen and oxygen atoms in total. The minimum atomic E-state index is -0.216. The second-order valence-electron chi connectivity index (χ2n) is 6.43. The van der Waals surface area contributed by atoms with E-state index < -0.39 is 0 Å². The third kappa shape index (κ3) is 4.31. The zero-order valence-corrected chi connectivity index (χ0v) is 18.3. The standard InChI is InChI=1S/C22H18BrN3O2S/c1-3-28-16-6-4-5-14(9-16)20-11-18(17-10-15(23)7-8-19(17)25-20)21(27)26-22-24-13(2)12-29-22/h4-12H,3H2,1-2H3,(H,24,26,27). The van der Waals surface area contributed by atoms with Crippen molar-refractivity contribution in [2.75, 3.05) is 11.9 Å². The minimum Gasteiger partial charge on any atom is -0.494 e. The number of halogens is 1. The summed E-state index contributed by atoms with van der Waals surface area (Å²) in [6.45, 7) is 4.43. The molecule has 0 saturated heterocycles. The molecule has 0 fully saturated rings. The summed E-state index contributed by atoms with van der Waals surface area (Å²) in [6, 6.07) is 15.3. The zero-order chi connectivity index (χ0) is 20.4. The quantitative estimate of drug-likeness (QED) is 0.386. The Labute approximate surface area is 180 Å². The number of benzene rings is 2. The number of anilines is 1. The first kappa shape index (κ1) is 19.5. The Morgan fingerprint density at radius 2 is 2.03 bits per heavy atom. The Kier molecular flexibility index (Phi) is 5.60. The molecule has 0 radical (unpaired) electrons. The number of carbonyl (C=O) groups excluding carboxylic acids is 1. The normalized spacial score (nSPS) is 10.9. The van der Waals surface area contributed by atoms with Crippen molar-refractivity contribution in [3.8, 4) is 17.0 Å². The predicted octanol–water partition coefficient (Wildman–Crippen LogP) is 6.08. The van der Waals surface area contributed by atoms with E-state index in [4.69, 9.17) is 9.72 Å². The Bertz CT molecular complexity index is 1210. The second kappa shape index (κ2) is 8.31. The van der Waals surface area contributed by atoms with Gasteiger partial charge in [0.05, 0.1) is 29.1 Å². The number of fused-ring (bicyclic) bond motifs is 1. The Hall–Kier alpha value is -2.77. The van der Waals surface area contributed by atoms with Gasteiger partial charge < -0.3 is 4.74 Å². The molecule has 2 aromatic carbocycles. The SMILES string of the molecule is CCOc1cccc(-c2cc(C(=O)Nc3nc(C)cs3)c3cc(Br)ccc3n2)c1. The zero-order valence-electron chi connectivity index (χ0n) is 15.9. The average Bonchev–Trinajstić information content (AvgIpc) is 3.12. The molecule has 0 saturated carbocycles. The molecular formula is C22H18BrN3O2S. The van der Waals surface area contributed by atoms with Crippen LogP contribution in [0.2, 0.25) is 0 Å². The van der Waals surface area contributed by atoms with E-state index in [1.807, 2.05) is 67.8 Å². The molecule has 0 bridgehead atoms. The van der Waals surface area contributed by atoms with Crippen molar-refractivity contribution in [2.45, 2.75) is 13.8 Å². The highest BCUT2D eigenvalue weighted by molar-refractivity contribution is 9.10. The summed E-state index contributed by atoms with van der Waals surface area (Å²) in [5.74, 6) is 0.555. The number of ether oxygens (including phenoxy) is 1. The van der Waals surface area contributed by atoms with E-state index in [1.54, 1.807) is 0 Å². The monoisotopic (exact) mass is 467 g/mol. The molecule has 4 rings (SSSR count). The molecule has 0 aliphatic heterocycles. The molecule has 146 valence electrons. The molecule has 0 aliphatic carbocycles. The Morgan fingerprint density at radius 3 is 2.79 bits per heavy atom. The van der Waals surface area contributed by atoms with Crippen LogP contribution in [0, 0.1) is 6.92 Å². The highest BCUT2D eigenvalue weighted by atomic mass is 79.9. The van der Waals surface area contributed by atoms with E-state index in [-0.39, 0.29) is 5.91 Å². The van der Waals surface area contributed by atoms with Crippen molar-refractivity contribution in [3.05, 3.63) is 69.6 Å². The first-order valence-electron chi connectivity index (χ1n) is 9.10. The molecule has 0 aliphatic rings. The number of carbonyl (C=O) groups is 1. The predicted molar refractivity (Wildman–Crippen MR) is 121 cm³/mol. The summed E-state index contributed by atoms with van der Waals surface area (Å²) in [7, 11) is 0. The van der Waals surface area contributed by atoms with Crippen molar-refractivity contribution < 1.29 is 9.53 Å². The molecule has 29 heavy (non-hydrogen) atoms. The van der Waals surface area contributed by atoms with Gasteiger partial charge in [0.1, 0.15) is 5.75 Å². The summed E-state index contributed by atoms with van der Waals surface area (Å²) in [5, 5.41) is 6.16. The van der Waals surface area contributed by atoms with Crippen molar-refractivity contribution in [3.63, 3.8) is 0 Å². The van der Waals surface area contributed by atoms with E-state index >= 15 is 0 Å². The van der Waals surface area contributed by atoms with Crippen molar-refractivity contribution in [2.24, 2.45) is 0 Å². The van der Waals surface area contributed by atoms with Gasteiger partial charge in [-0.05, 0) is 50.2 Å². The fourth-order valence-corrected chi connectivity index (χ4v) is 4.07. The number of nitrogens with zero attached hydrogens (tertiary/aromatic N) is 2. The third-order valence-corrected chi connectivity index (χ3v) is 5.66. The Morgan fingerprint density at radius 1 is 1.17 bits per heavy atom. The summed E-state index contributed by atoms with van der Waals surface area (Å²) in [5.41, 5.74) is 3.76. The fourth-order valence-electron chi connectivity index (χ4n) is 3.02. The molecule has 0 atom stereocenters. The number of pyridine rings is 1. The molecule has 0 unspecified atom stereocenters. The number of amides is 1. The van der Waals surface area contributed by atoms with Crippen molar-refractivity contribution >= 4 is 49.2 Å². The summed E-state index contributed by atoms with van der Waals surface area (Å²) >= 11 is 4.89. The fraction of sp³-hybridized carbons (Fsp3) is 0.136. The maximum atomic E-state index is 13.1. The first-order chi connectivity index (χ1) is 14.0. The highest BCUT2D eigenvalue weighted by Crippen LogP contribution is 2.29. The van der Waals surface area contributed by atoms with Crippen LogP contribution < -0.4 is 10.1 Å². The van der Waals surface area contributed by atoms with E-state index in [2.05, 4.69) is 26.2 Å². The number of nitrogens with one attached hydrogen (secondary N) is 1. The number of rotatable bonds is 5. The smallest absolute Gasteiger partial charge is 0.258 e. The van der Waals surface area contributed by atoms with E-state index in [0.717, 1.165) is 32.4 Å². The molecule has 7 heteroatoms. The van der Waals surface area contributed by atoms with Gasteiger partial charge in [0, 0.05) is 20.8 Å². The second-order valence-corrected chi connectivity index (χ2v) is 8.20. The van der Waals surface area contributed by atoms with E-state index in [1.165, 1.54) is 11.3 Å². The topological polar surface area (TPSA) is 64.1 Å². The minimum absolute atomic E-state index is 0.216. The molecular weight excluding hydrogens is 450 g/mol. The number of aromatic nitrogens is 2. The van der Waals surface area contributed by atoms with Gasteiger partial charge in [-0.15, -0.1) is 11.3 Å². The molecule has 4 aromatic rings. The number of hydrogen-bond acceptors (Lipinski definition) is 5. The largest absolute Gasteiger partial charge is 0.494 e. The molecule has 0 spiro atoms. The lowest BCUT2D eigenvalue weighted by atomic mass is 10.0. The maximum absolute atomic E-state index is 13.1. The summed E-state index contributed by atoms with van der Waals surface area (Å²) in [4.78, 5) is 22.2. The number of thiazole rings is 1. The molecule has 2 aromatic heterocycles. The van der Waals surface area contributed by atoms with Crippen LogP contribution in [-0.2, 0) is 0 Å². The summed E-state index contributed by atoms with van der Waals surface area (Å²) in [6.07, 6.45) is 0. The first-order valence-corrected chi connectivity index (χ1v) is 10.8. The molecule has 1 N–H and O–H groups in total. The van der Waals surface area contributed by atoms with Crippen molar-refractivity contribution in [1.29, 1.82) is 0 Å². The maximum Gasteiger partial charge on any atom is 0.258 e. The van der Waals surface area contributed by atoms with Crippen LogP contribution in [0.1, 0.15) is 23.0 Å². The molecule has 2 heterocycles. The van der Waals surface area contributed by atoms with E-state index in [0.29, 0.717) is 23.0 Å². The third-order valence-electron chi connectivity index (χ3n) is 4.30. The van der Waals surface area contributed by atoms with Crippen LogP contribution in [0.5, 0.6) is 5.75 Å². The average molecular weight is 468 g/mol. The highest BCUT2D eigenvalue weighted by Gasteiger charge is 2.16.